The molecule has 0 spiro atoms. The van der Waals surface area contributed by atoms with Crippen LogP contribution in [-0.4, -0.2) is 18.4 Å². The smallest absolute Gasteiger partial charge is 0.146 e. The molecule has 52 valence electrons. The van der Waals surface area contributed by atoms with Gasteiger partial charge in [0.25, 0.3) is 0 Å². The Labute approximate surface area is 55.6 Å². The van der Waals surface area contributed by atoms with Crippen LogP contribution in [0.5, 0.6) is 0 Å². The standard InChI is InChI=1S/C7H13NO/c1-5-3-4-8-7(5)6(2)9/h5,7-8H,3-4H2,1-2H3/t5-,7+/m1/s1. The summed E-state index contributed by atoms with van der Waals surface area (Å²) in [7, 11) is 0. The van der Waals surface area contributed by atoms with E-state index in [1.54, 1.807) is 6.92 Å². The monoisotopic (exact) mass is 127 g/mol. The molecule has 0 aromatic rings. The molecule has 0 aromatic heterocycles. The SMILES string of the molecule is CC(=O)[C@H]1NCC[C@H]1C. The van der Waals surface area contributed by atoms with Gasteiger partial charge < -0.3 is 5.32 Å². The van der Waals surface area contributed by atoms with Crippen molar-refractivity contribution in [2.75, 3.05) is 6.54 Å². The van der Waals surface area contributed by atoms with Crippen molar-refractivity contribution in [1.29, 1.82) is 0 Å². The largest absolute Gasteiger partial charge is 0.307 e. The molecule has 1 rings (SSSR count). The predicted octanol–water partition coefficient (Wildman–Crippen LogP) is 0.573. The van der Waals surface area contributed by atoms with Crippen molar-refractivity contribution in [3.8, 4) is 0 Å². The lowest BCUT2D eigenvalue weighted by molar-refractivity contribution is -0.119. The van der Waals surface area contributed by atoms with Gasteiger partial charge in [-0.1, -0.05) is 6.92 Å². The van der Waals surface area contributed by atoms with Gasteiger partial charge in [-0.3, -0.25) is 4.79 Å². The number of hydrogen-bond donors (Lipinski definition) is 1. The van der Waals surface area contributed by atoms with Crippen LogP contribution < -0.4 is 5.32 Å². The van der Waals surface area contributed by atoms with Crippen molar-refractivity contribution < 1.29 is 4.79 Å². The average molecular weight is 127 g/mol. The summed E-state index contributed by atoms with van der Waals surface area (Å²) in [5.74, 6) is 0.822. The number of Topliss-reactive ketones (excluding diaryl/α,β-unsaturated/α-hetero) is 1. The van der Waals surface area contributed by atoms with Gasteiger partial charge in [0.1, 0.15) is 5.78 Å². The van der Waals surface area contributed by atoms with Crippen LogP contribution in [0.4, 0.5) is 0 Å². The fourth-order valence-corrected chi connectivity index (χ4v) is 1.38. The number of nitrogens with one attached hydrogen (secondary N) is 1. The minimum Gasteiger partial charge on any atom is -0.307 e. The highest BCUT2D eigenvalue weighted by atomic mass is 16.1. The molecule has 2 atom stereocenters. The van der Waals surface area contributed by atoms with Crippen LogP contribution in [0.15, 0.2) is 0 Å². The van der Waals surface area contributed by atoms with E-state index in [1.165, 1.54) is 0 Å². The molecule has 1 fully saturated rings. The second-order valence-electron chi connectivity index (χ2n) is 2.81. The van der Waals surface area contributed by atoms with Gasteiger partial charge in [-0.25, -0.2) is 0 Å². The summed E-state index contributed by atoms with van der Waals surface area (Å²) in [6.07, 6.45) is 1.14. The zero-order chi connectivity index (χ0) is 6.85. The lowest BCUT2D eigenvalue weighted by atomic mass is 10.0. The summed E-state index contributed by atoms with van der Waals surface area (Å²) in [5, 5.41) is 3.16. The van der Waals surface area contributed by atoms with Gasteiger partial charge in [-0.15, -0.1) is 0 Å². The maximum absolute atomic E-state index is 10.8. The van der Waals surface area contributed by atoms with Gasteiger partial charge in [0.05, 0.1) is 6.04 Å². The van der Waals surface area contributed by atoms with Crippen LogP contribution in [0.2, 0.25) is 0 Å². The zero-order valence-electron chi connectivity index (χ0n) is 5.98. The van der Waals surface area contributed by atoms with E-state index in [0.29, 0.717) is 5.92 Å². The van der Waals surface area contributed by atoms with E-state index < -0.39 is 0 Å². The summed E-state index contributed by atoms with van der Waals surface area (Å²) in [5.41, 5.74) is 0. The summed E-state index contributed by atoms with van der Waals surface area (Å²) < 4.78 is 0. The third kappa shape index (κ3) is 1.30. The fraction of sp³-hybridized carbons (Fsp3) is 0.857. The Hall–Kier alpha value is -0.370. The molecule has 1 saturated heterocycles. The molecule has 1 aliphatic heterocycles. The second-order valence-corrected chi connectivity index (χ2v) is 2.81. The molecule has 0 radical (unpaired) electrons. The van der Waals surface area contributed by atoms with Gasteiger partial charge >= 0.3 is 0 Å². The van der Waals surface area contributed by atoms with Crippen LogP contribution in [0.3, 0.4) is 0 Å². The molecule has 9 heavy (non-hydrogen) atoms. The molecule has 2 heteroatoms. The number of rotatable bonds is 1. The Morgan fingerprint density at radius 2 is 2.33 bits per heavy atom. The normalized spacial score (nSPS) is 34.9. The minimum atomic E-state index is 0.144. The van der Waals surface area contributed by atoms with E-state index in [9.17, 15) is 4.79 Å². The Kier molecular flexibility index (Phi) is 1.86. The highest BCUT2D eigenvalue weighted by Crippen LogP contribution is 2.14. The van der Waals surface area contributed by atoms with Gasteiger partial charge in [0.15, 0.2) is 0 Å². The molecule has 1 N–H and O–H groups in total. The Bertz CT molecular complexity index is 122. The first-order chi connectivity index (χ1) is 4.22. The molecule has 0 unspecified atom stereocenters. The highest BCUT2D eigenvalue weighted by molar-refractivity contribution is 5.82. The van der Waals surface area contributed by atoms with E-state index in [1.807, 2.05) is 0 Å². The summed E-state index contributed by atoms with van der Waals surface area (Å²) >= 11 is 0. The first kappa shape index (κ1) is 6.75. The molecule has 1 heterocycles. The maximum atomic E-state index is 10.8. The molecule has 0 saturated carbocycles. The Morgan fingerprint density at radius 1 is 1.67 bits per heavy atom. The van der Waals surface area contributed by atoms with Crippen LogP contribution >= 0.6 is 0 Å². The Morgan fingerprint density at radius 3 is 2.56 bits per heavy atom. The average Bonchev–Trinajstić information content (AvgIpc) is 2.13. The highest BCUT2D eigenvalue weighted by Gasteiger charge is 2.25. The molecule has 2 nitrogen and oxygen atoms in total. The lowest BCUT2D eigenvalue weighted by Crippen LogP contribution is -2.32. The zero-order valence-corrected chi connectivity index (χ0v) is 5.98. The van der Waals surface area contributed by atoms with Crippen LogP contribution in [0.25, 0.3) is 0 Å². The molecule has 0 amide bonds. The predicted molar refractivity (Wildman–Crippen MR) is 36.3 cm³/mol. The molecular weight excluding hydrogens is 114 g/mol. The van der Waals surface area contributed by atoms with E-state index in [0.717, 1.165) is 13.0 Å². The van der Waals surface area contributed by atoms with E-state index in [4.69, 9.17) is 0 Å². The van der Waals surface area contributed by atoms with Crippen molar-refractivity contribution in [3.63, 3.8) is 0 Å². The molecule has 0 aliphatic carbocycles. The van der Waals surface area contributed by atoms with Gasteiger partial charge in [-0.05, 0) is 25.8 Å². The van der Waals surface area contributed by atoms with E-state index in [2.05, 4.69) is 12.2 Å². The van der Waals surface area contributed by atoms with Crippen LogP contribution in [-0.2, 0) is 4.79 Å². The third-order valence-electron chi connectivity index (χ3n) is 1.97. The maximum Gasteiger partial charge on any atom is 0.146 e. The second kappa shape index (κ2) is 2.48. The quantitative estimate of drug-likeness (QED) is 0.558. The van der Waals surface area contributed by atoms with Crippen molar-refractivity contribution in [2.45, 2.75) is 26.3 Å². The summed E-state index contributed by atoms with van der Waals surface area (Å²) in [6, 6.07) is 0.144. The van der Waals surface area contributed by atoms with Crippen molar-refractivity contribution in [2.24, 2.45) is 5.92 Å². The molecule has 1 aliphatic rings. The third-order valence-corrected chi connectivity index (χ3v) is 1.97. The Balaban J connectivity index is 2.49. The number of carbonyl (C=O) groups is 1. The van der Waals surface area contributed by atoms with Crippen LogP contribution in [0, 0.1) is 5.92 Å². The van der Waals surface area contributed by atoms with Crippen molar-refractivity contribution in [3.05, 3.63) is 0 Å². The van der Waals surface area contributed by atoms with Gasteiger partial charge in [0.2, 0.25) is 0 Å². The summed E-state index contributed by atoms with van der Waals surface area (Å²) in [4.78, 5) is 10.8. The topological polar surface area (TPSA) is 29.1 Å². The first-order valence-electron chi connectivity index (χ1n) is 3.45. The number of carbonyl (C=O) groups excluding carboxylic acids is 1. The molecule has 0 bridgehead atoms. The lowest BCUT2D eigenvalue weighted by Gasteiger charge is -2.09. The van der Waals surface area contributed by atoms with Crippen LogP contribution in [0.1, 0.15) is 20.3 Å². The van der Waals surface area contributed by atoms with Crippen molar-refractivity contribution in [1.82, 2.24) is 5.32 Å². The summed E-state index contributed by atoms with van der Waals surface area (Å²) in [6.45, 7) is 4.77. The minimum absolute atomic E-state index is 0.144. The van der Waals surface area contributed by atoms with Gasteiger partial charge in [-0.2, -0.15) is 0 Å². The molecular formula is C7H13NO. The van der Waals surface area contributed by atoms with Gasteiger partial charge in [0, 0.05) is 0 Å². The number of hydrogen-bond acceptors (Lipinski definition) is 2. The number of ketones is 1. The fourth-order valence-electron chi connectivity index (χ4n) is 1.38. The van der Waals surface area contributed by atoms with E-state index in [-0.39, 0.29) is 11.8 Å². The molecule has 0 aromatic carbocycles. The first-order valence-corrected chi connectivity index (χ1v) is 3.45. The van der Waals surface area contributed by atoms with E-state index >= 15 is 0 Å². The van der Waals surface area contributed by atoms with Crippen molar-refractivity contribution >= 4 is 5.78 Å².